The number of nitrogens with one attached hydrogen (secondary N) is 2. The molecule has 234 valence electrons. The normalized spacial score (nSPS) is 19.2. The molecular formula is C31H57IN2O6. The van der Waals surface area contributed by atoms with Crippen LogP contribution in [0.1, 0.15) is 118 Å². The van der Waals surface area contributed by atoms with E-state index in [4.69, 9.17) is 9.47 Å². The van der Waals surface area contributed by atoms with Crippen molar-refractivity contribution in [1.82, 2.24) is 10.6 Å². The summed E-state index contributed by atoms with van der Waals surface area (Å²) in [4.78, 5) is 54.0. The van der Waals surface area contributed by atoms with E-state index in [1.165, 1.54) is 0 Å². The maximum atomic E-state index is 13.0. The number of ether oxygens (including phenoxy) is 2. The largest absolute Gasteiger partial charge is 0.0122 e. The number of esters is 2. The summed E-state index contributed by atoms with van der Waals surface area (Å²) in [7, 11) is 1.78. The molecule has 0 aromatic carbocycles. The Morgan fingerprint density at radius 1 is 0.700 bits per heavy atom. The van der Waals surface area contributed by atoms with Gasteiger partial charge >= 0.3 is 124 Å². The van der Waals surface area contributed by atoms with Gasteiger partial charge in [-0.05, 0) is 57.4 Å². The summed E-state index contributed by atoms with van der Waals surface area (Å²) in [6.07, 6.45) is 10.6. The van der Waals surface area contributed by atoms with Crippen LogP contribution in [0.15, 0.2) is 0 Å². The van der Waals surface area contributed by atoms with Crippen LogP contribution in [-0.4, -0.2) is 62.8 Å². The molecule has 0 heterocycles. The summed E-state index contributed by atoms with van der Waals surface area (Å²) < 4.78 is 12.0. The van der Waals surface area contributed by atoms with E-state index in [0.29, 0.717) is 48.2 Å². The van der Waals surface area contributed by atoms with Crippen molar-refractivity contribution in [3.63, 3.8) is 0 Å². The fourth-order valence-corrected chi connectivity index (χ4v) is 6.42. The predicted molar refractivity (Wildman–Crippen MR) is 170 cm³/mol. The molecule has 0 aromatic heterocycles. The molecule has 2 atom stereocenters. The van der Waals surface area contributed by atoms with Crippen LogP contribution in [0.25, 0.3) is 0 Å². The first-order valence-electron chi connectivity index (χ1n) is 15.3. The van der Waals surface area contributed by atoms with Crippen molar-refractivity contribution in [2.75, 3.05) is 16.9 Å². The number of halogens is 1. The summed E-state index contributed by atoms with van der Waals surface area (Å²) in [5.74, 6) is -0.0506. The number of hydrogen-bond donors (Lipinski definition) is 2. The summed E-state index contributed by atoms with van der Waals surface area (Å²) in [6.45, 7) is 8.22. The molecule has 0 bridgehead atoms. The molecule has 1 saturated carbocycles. The zero-order chi connectivity index (χ0) is 30.1. The molecule has 0 saturated heterocycles. The maximum absolute atomic E-state index is 13.0. The summed E-state index contributed by atoms with van der Waals surface area (Å²) in [5.41, 5.74) is 0. The Morgan fingerprint density at radius 3 is 1.57 bits per heavy atom. The predicted octanol–water partition coefficient (Wildman–Crippen LogP) is 5.96. The fraction of sp³-hybridized carbons (Fsp3) is 0.871. The Bertz CT molecular complexity index is 765. The quantitative estimate of drug-likeness (QED) is 0.0537. The number of carbonyl (C=O) groups excluding carboxylic acids is 4. The van der Waals surface area contributed by atoms with Gasteiger partial charge in [0, 0.05) is 0 Å². The second-order valence-corrected chi connectivity index (χ2v) is 17.7. The Labute approximate surface area is 250 Å². The molecule has 1 fully saturated rings. The van der Waals surface area contributed by atoms with Crippen LogP contribution in [0.3, 0.4) is 0 Å². The Balaban J connectivity index is 2.36. The van der Waals surface area contributed by atoms with E-state index in [9.17, 15) is 19.2 Å². The minimum absolute atomic E-state index is 0.105. The molecule has 9 heteroatoms. The first-order valence-corrected chi connectivity index (χ1v) is 20.7. The van der Waals surface area contributed by atoms with E-state index in [2.05, 4.69) is 34.3 Å². The van der Waals surface area contributed by atoms with Gasteiger partial charge in [0.1, 0.15) is 18.2 Å². The van der Waals surface area contributed by atoms with Gasteiger partial charge in [-0.15, -0.1) is 0 Å². The van der Waals surface area contributed by atoms with Crippen molar-refractivity contribution in [3.8, 4) is 0 Å². The fourth-order valence-electron chi connectivity index (χ4n) is 4.96. The zero-order valence-corrected chi connectivity index (χ0v) is 28.3. The first kappa shape index (κ1) is 36.8. The Kier molecular flexibility index (Phi) is 19.0. The standard InChI is InChI=1S/C31H57IN2O6/c1-22(2)20-26(33-7)30(37)39-24-16-18-25(19-17-24)40-31(38)27(21-23(3)4)34-29(36)15-13-11-9-8-10-12-14-28(35)32(5)6/h22-27,33H,8-21H2,1-7H3,(H,34,36). The smallest absolute Gasteiger partial charge is 0.0122 e. The second-order valence-electron chi connectivity index (χ2n) is 12.2. The summed E-state index contributed by atoms with van der Waals surface area (Å²) in [5, 5.41) is 5.96. The third-order valence-electron chi connectivity index (χ3n) is 7.30. The van der Waals surface area contributed by atoms with Crippen LogP contribution in [0.5, 0.6) is 0 Å². The van der Waals surface area contributed by atoms with Gasteiger partial charge in [0.25, 0.3) is 0 Å². The molecule has 40 heavy (non-hydrogen) atoms. The molecule has 2 unspecified atom stereocenters. The van der Waals surface area contributed by atoms with Gasteiger partial charge in [-0.25, -0.2) is 4.79 Å². The average Bonchev–Trinajstić information content (AvgIpc) is 2.88. The number of alkyl halides is 2. The number of unbranched alkanes of at least 4 members (excludes halogenated alkanes) is 5. The van der Waals surface area contributed by atoms with Crippen LogP contribution >= 0.6 is 19.8 Å². The number of hydrogen-bond acceptors (Lipinski definition) is 7. The molecule has 2 N–H and O–H groups in total. The van der Waals surface area contributed by atoms with Crippen LogP contribution in [-0.2, 0) is 28.7 Å². The van der Waals surface area contributed by atoms with E-state index in [1.54, 1.807) is 7.05 Å². The molecule has 0 aromatic rings. The van der Waals surface area contributed by atoms with Crippen molar-refractivity contribution in [1.29, 1.82) is 0 Å². The van der Waals surface area contributed by atoms with Gasteiger partial charge in [-0.3, -0.25) is 4.79 Å². The molecule has 0 aliphatic heterocycles. The number of rotatable bonds is 20. The second kappa shape index (κ2) is 20.6. The molecular weight excluding hydrogens is 623 g/mol. The number of amides is 1. The molecule has 1 aliphatic rings. The van der Waals surface area contributed by atoms with E-state index in [-0.39, 0.29) is 42.0 Å². The summed E-state index contributed by atoms with van der Waals surface area (Å²) >= 11 is -1.30. The molecule has 8 nitrogen and oxygen atoms in total. The van der Waals surface area contributed by atoms with Crippen LogP contribution in [0.2, 0.25) is 0 Å². The maximum Gasteiger partial charge on any atom is -0.0122 e. The van der Waals surface area contributed by atoms with Gasteiger partial charge in [-0.2, -0.15) is 0 Å². The average molecular weight is 681 g/mol. The minimum atomic E-state index is -1.30. The van der Waals surface area contributed by atoms with E-state index < -0.39 is 25.9 Å². The summed E-state index contributed by atoms with van der Waals surface area (Å²) in [6, 6.07) is -0.943. The third kappa shape index (κ3) is 16.3. The third-order valence-corrected chi connectivity index (χ3v) is 10.2. The van der Waals surface area contributed by atoms with E-state index >= 15 is 0 Å². The Hall–Kier alpha value is -1.23. The van der Waals surface area contributed by atoms with Gasteiger partial charge in [0.05, 0.1) is 0 Å². The van der Waals surface area contributed by atoms with Crippen molar-refractivity contribution in [2.45, 2.75) is 142 Å². The van der Waals surface area contributed by atoms with Crippen molar-refractivity contribution < 1.29 is 28.7 Å². The van der Waals surface area contributed by atoms with E-state index in [1.807, 2.05) is 13.8 Å². The van der Waals surface area contributed by atoms with Gasteiger partial charge in [0.15, 0.2) is 0 Å². The van der Waals surface area contributed by atoms with Crippen molar-refractivity contribution >= 4 is 41.5 Å². The molecule has 1 amide bonds. The molecule has 1 aliphatic carbocycles. The SMILES string of the molecule is CNC(CC(C)C)C(=O)OC1CCC(OC(=O)C(CC(C)C)NC(=O)CCCCCCCCC(=O)I(C)C)CC1. The topological polar surface area (TPSA) is 111 Å². The molecule has 1 rings (SSSR count). The van der Waals surface area contributed by atoms with Crippen LogP contribution in [0.4, 0.5) is 0 Å². The molecule has 0 spiro atoms. The number of carbonyl (C=O) groups is 4. The van der Waals surface area contributed by atoms with Gasteiger partial charge in [-0.1, -0.05) is 27.7 Å². The monoisotopic (exact) mass is 680 g/mol. The van der Waals surface area contributed by atoms with Crippen molar-refractivity contribution in [3.05, 3.63) is 0 Å². The van der Waals surface area contributed by atoms with E-state index in [0.717, 1.165) is 51.4 Å². The minimum Gasteiger partial charge on any atom is -0.0122 e. The number of likely N-dealkylation sites (N-methyl/N-ethyl adjacent to an activating group) is 1. The van der Waals surface area contributed by atoms with Gasteiger partial charge in [0.2, 0.25) is 0 Å². The van der Waals surface area contributed by atoms with Gasteiger partial charge < -0.3 is 14.8 Å². The van der Waals surface area contributed by atoms with Crippen LogP contribution < -0.4 is 10.6 Å². The zero-order valence-electron chi connectivity index (χ0n) is 26.2. The van der Waals surface area contributed by atoms with Crippen LogP contribution in [0, 0.1) is 11.8 Å². The molecule has 0 radical (unpaired) electrons. The Morgan fingerprint density at radius 2 is 1.12 bits per heavy atom. The first-order chi connectivity index (χ1) is 18.9. The van der Waals surface area contributed by atoms with Crippen molar-refractivity contribution in [2.24, 2.45) is 11.8 Å².